The van der Waals surface area contributed by atoms with E-state index in [0.29, 0.717) is 30.2 Å². The lowest BCUT2D eigenvalue weighted by Crippen LogP contribution is -2.48. The highest BCUT2D eigenvalue weighted by Gasteiger charge is 2.34. The summed E-state index contributed by atoms with van der Waals surface area (Å²) in [5, 5.41) is 11.9. The zero-order chi connectivity index (χ0) is 21.1. The summed E-state index contributed by atoms with van der Waals surface area (Å²) in [6.45, 7) is 4.61. The highest BCUT2D eigenvalue weighted by atomic mass is 16.5. The van der Waals surface area contributed by atoms with Crippen LogP contribution >= 0.6 is 0 Å². The zero-order valence-corrected chi connectivity index (χ0v) is 17.7. The summed E-state index contributed by atoms with van der Waals surface area (Å²) in [5.74, 6) is 1.61. The van der Waals surface area contributed by atoms with Crippen LogP contribution in [0.25, 0.3) is 10.9 Å². The third-order valence-electron chi connectivity index (χ3n) is 6.08. The summed E-state index contributed by atoms with van der Waals surface area (Å²) in [4.78, 5) is 20.1. The van der Waals surface area contributed by atoms with Crippen LogP contribution in [0.3, 0.4) is 0 Å². The smallest absolute Gasteiger partial charge is 0.261 e. The van der Waals surface area contributed by atoms with Crippen LogP contribution in [-0.2, 0) is 19.5 Å². The Morgan fingerprint density at radius 1 is 1.10 bits per heavy atom. The molecule has 6 nitrogen and oxygen atoms in total. The van der Waals surface area contributed by atoms with Crippen molar-refractivity contribution in [1.82, 2.24) is 14.5 Å². The minimum atomic E-state index is -0.908. The van der Waals surface area contributed by atoms with E-state index in [-0.39, 0.29) is 12.1 Å². The predicted octanol–water partition coefficient (Wildman–Crippen LogP) is 2.99. The molecule has 2 aromatic carbocycles. The number of para-hydroxylation sites is 2. The van der Waals surface area contributed by atoms with Gasteiger partial charge in [0.15, 0.2) is 0 Å². The highest BCUT2D eigenvalue weighted by molar-refractivity contribution is 5.77. The number of likely N-dealkylation sites (tertiary alicyclic amines) is 1. The summed E-state index contributed by atoms with van der Waals surface area (Å²) in [7, 11) is 1.69. The van der Waals surface area contributed by atoms with Crippen molar-refractivity contribution in [3.63, 3.8) is 0 Å². The molecule has 1 aromatic heterocycles. The maximum Gasteiger partial charge on any atom is 0.261 e. The lowest BCUT2D eigenvalue weighted by molar-refractivity contribution is -0.0370. The number of fused-ring (bicyclic) bond motifs is 1. The van der Waals surface area contributed by atoms with Crippen molar-refractivity contribution in [3.05, 3.63) is 70.3 Å². The van der Waals surface area contributed by atoms with Gasteiger partial charge in [-0.3, -0.25) is 14.3 Å². The number of ether oxygens (including phenoxy) is 1. The third kappa shape index (κ3) is 4.11. The Morgan fingerprint density at radius 3 is 2.53 bits per heavy atom. The fourth-order valence-corrected chi connectivity index (χ4v) is 4.30. The molecule has 1 N–H and O–H groups in total. The molecule has 0 unspecified atom stereocenters. The molecule has 0 saturated carbocycles. The van der Waals surface area contributed by atoms with Gasteiger partial charge >= 0.3 is 0 Å². The van der Waals surface area contributed by atoms with Gasteiger partial charge in [0, 0.05) is 31.6 Å². The van der Waals surface area contributed by atoms with Gasteiger partial charge in [-0.2, -0.15) is 0 Å². The minimum absolute atomic E-state index is 0.0673. The number of hydrogen-bond acceptors (Lipinski definition) is 5. The first-order chi connectivity index (χ1) is 14.5. The summed E-state index contributed by atoms with van der Waals surface area (Å²) in [5.41, 5.74) is 0.889. The summed E-state index contributed by atoms with van der Waals surface area (Å²) in [6, 6.07) is 15.5. The average Bonchev–Trinajstić information content (AvgIpc) is 2.77. The molecule has 1 saturated heterocycles. The van der Waals surface area contributed by atoms with Gasteiger partial charge in [0.1, 0.15) is 11.6 Å². The van der Waals surface area contributed by atoms with E-state index in [1.807, 2.05) is 43.3 Å². The van der Waals surface area contributed by atoms with Crippen molar-refractivity contribution < 1.29 is 9.84 Å². The molecule has 0 atom stereocenters. The lowest BCUT2D eigenvalue weighted by atomic mass is 9.90. The Balaban J connectivity index is 1.50. The van der Waals surface area contributed by atoms with Gasteiger partial charge in [0.05, 0.1) is 30.2 Å². The van der Waals surface area contributed by atoms with E-state index in [0.717, 1.165) is 36.8 Å². The van der Waals surface area contributed by atoms with E-state index in [2.05, 4.69) is 16.0 Å². The predicted molar refractivity (Wildman–Crippen MR) is 118 cm³/mol. The molecule has 1 aliphatic heterocycles. The molecule has 6 heteroatoms. The van der Waals surface area contributed by atoms with E-state index in [1.165, 1.54) is 0 Å². The van der Waals surface area contributed by atoms with E-state index >= 15 is 0 Å². The number of aromatic nitrogens is 2. The van der Waals surface area contributed by atoms with Crippen LogP contribution in [0.1, 0.15) is 31.2 Å². The number of methoxy groups -OCH3 is 1. The zero-order valence-electron chi connectivity index (χ0n) is 17.7. The van der Waals surface area contributed by atoms with Crippen molar-refractivity contribution in [3.8, 4) is 5.75 Å². The van der Waals surface area contributed by atoms with Crippen molar-refractivity contribution in [2.75, 3.05) is 20.2 Å². The van der Waals surface area contributed by atoms with Gasteiger partial charge < -0.3 is 9.84 Å². The number of aliphatic hydroxyl groups is 1. The largest absolute Gasteiger partial charge is 0.496 e. The number of nitrogens with zero attached hydrogens (tertiary/aromatic N) is 3. The van der Waals surface area contributed by atoms with E-state index in [9.17, 15) is 9.90 Å². The Bertz CT molecular complexity index is 1080. The second-order valence-corrected chi connectivity index (χ2v) is 8.10. The molecule has 3 aromatic rings. The Hall–Kier alpha value is -2.70. The molecule has 4 rings (SSSR count). The number of rotatable bonds is 6. The molecule has 0 bridgehead atoms. The SMILES string of the molecule is CCc1nc2ccccc2c(=O)n1CC1(O)CCN(Cc2ccccc2OC)CC1. The number of aryl methyl sites for hydroxylation is 1. The molecule has 30 heavy (non-hydrogen) atoms. The molecule has 1 fully saturated rings. The van der Waals surface area contributed by atoms with Crippen molar-refractivity contribution in [1.29, 1.82) is 0 Å². The standard InChI is InChI=1S/C24H29N3O3/c1-3-22-25-20-10-6-5-9-19(20)23(28)27(22)17-24(29)12-14-26(15-13-24)16-18-8-4-7-11-21(18)30-2/h4-11,29H,3,12-17H2,1-2H3. The first kappa shape index (κ1) is 20.6. The number of benzene rings is 2. The van der Waals surface area contributed by atoms with Crippen LogP contribution < -0.4 is 10.3 Å². The summed E-state index contributed by atoms with van der Waals surface area (Å²) < 4.78 is 7.14. The highest BCUT2D eigenvalue weighted by Crippen LogP contribution is 2.27. The lowest BCUT2D eigenvalue weighted by Gasteiger charge is -2.39. The summed E-state index contributed by atoms with van der Waals surface area (Å²) in [6.07, 6.45) is 1.88. The first-order valence-electron chi connectivity index (χ1n) is 10.6. The van der Waals surface area contributed by atoms with Gasteiger partial charge in [0.2, 0.25) is 0 Å². The molecule has 1 aliphatic rings. The van der Waals surface area contributed by atoms with Crippen LogP contribution in [0.4, 0.5) is 0 Å². The van der Waals surface area contributed by atoms with Crippen LogP contribution in [-0.4, -0.2) is 45.4 Å². The first-order valence-corrected chi connectivity index (χ1v) is 10.6. The molecule has 158 valence electrons. The summed E-state index contributed by atoms with van der Waals surface area (Å²) >= 11 is 0. The van der Waals surface area contributed by atoms with Crippen LogP contribution in [0, 0.1) is 0 Å². The Kier molecular flexibility index (Phi) is 5.88. The molecule has 0 aliphatic carbocycles. The van der Waals surface area contributed by atoms with E-state index in [1.54, 1.807) is 17.7 Å². The molecule has 0 radical (unpaired) electrons. The molecule has 0 amide bonds. The van der Waals surface area contributed by atoms with Crippen LogP contribution in [0.2, 0.25) is 0 Å². The van der Waals surface area contributed by atoms with Crippen LogP contribution in [0.5, 0.6) is 5.75 Å². The monoisotopic (exact) mass is 407 g/mol. The minimum Gasteiger partial charge on any atom is -0.496 e. The maximum atomic E-state index is 13.1. The van der Waals surface area contributed by atoms with Gasteiger partial charge in [0.25, 0.3) is 5.56 Å². The quantitative estimate of drug-likeness (QED) is 0.680. The fraction of sp³-hybridized carbons (Fsp3) is 0.417. The maximum absolute atomic E-state index is 13.1. The molecule has 2 heterocycles. The fourth-order valence-electron chi connectivity index (χ4n) is 4.30. The van der Waals surface area contributed by atoms with Gasteiger partial charge in [-0.1, -0.05) is 37.3 Å². The Morgan fingerprint density at radius 2 is 1.80 bits per heavy atom. The van der Waals surface area contributed by atoms with E-state index < -0.39 is 5.60 Å². The van der Waals surface area contributed by atoms with Gasteiger partial charge in [-0.15, -0.1) is 0 Å². The number of hydrogen-bond donors (Lipinski definition) is 1. The molecular weight excluding hydrogens is 378 g/mol. The topological polar surface area (TPSA) is 67.6 Å². The van der Waals surface area contributed by atoms with Gasteiger partial charge in [-0.25, -0.2) is 4.98 Å². The van der Waals surface area contributed by atoms with Gasteiger partial charge in [-0.05, 0) is 31.0 Å². The normalized spacial score (nSPS) is 16.6. The average molecular weight is 408 g/mol. The number of piperidine rings is 1. The van der Waals surface area contributed by atoms with Crippen molar-refractivity contribution in [2.45, 2.75) is 44.9 Å². The van der Waals surface area contributed by atoms with Crippen LogP contribution in [0.15, 0.2) is 53.3 Å². The molecular formula is C24H29N3O3. The van der Waals surface area contributed by atoms with Crippen molar-refractivity contribution >= 4 is 10.9 Å². The van der Waals surface area contributed by atoms with Crippen molar-refractivity contribution in [2.24, 2.45) is 0 Å². The Labute approximate surface area is 176 Å². The second-order valence-electron chi connectivity index (χ2n) is 8.10. The van der Waals surface area contributed by atoms with E-state index in [4.69, 9.17) is 4.74 Å². The second kappa shape index (κ2) is 8.58. The third-order valence-corrected chi connectivity index (χ3v) is 6.08. The molecule has 0 spiro atoms.